The van der Waals surface area contributed by atoms with E-state index in [1.165, 1.54) is 0 Å². The summed E-state index contributed by atoms with van der Waals surface area (Å²) >= 11 is 0. The first-order valence-electron chi connectivity index (χ1n) is 4.76. The molecule has 0 saturated heterocycles. The topological polar surface area (TPSA) is 76.7 Å². The fraction of sp³-hybridized carbons (Fsp3) is 0.700. The van der Waals surface area contributed by atoms with E-state index in [1.807, 2.05) is 6.07 Å². The number of nitrogens with zero attached hydrogens (tertiary/aromatic N) is 2. The van der Waals surface area contributed by atoms with Crippen LogP contribution in [0.15, 0.2) is 0 Å². The second-order valence-corrected chi connectivity index (χ2v) is 3.73. The van der Waals surface area contributed by atoms with Crippen LogP contribution in [0.25, 0.3) is 0 Å². The molecule has 1 aliphatic rings. The maximum Gasteiger partial charge on any atom is 0.241 e. The minimum absolute atomic E-state index is 0.286. The summed E-state index contributed by atoms with van der Waals surface area (Å²) in [6, 6.07) is 3.48. The van der Waals surface area contributed by atoms with Gasteiger partial charge in [-0.05, 0) is 19.8 Å². The van der Waals surface area contributed by atoms with Crippen LogP contribution in [0.1, 0.15) is 32.6 Å². The SMILES string of the molecule is C[C@H](C#N)NC(=O)C1(C#N)CCCC1. The number of carbonyl (C=O) groups is 1. The van der Waals surface area contributed by atoms with Gasteiger partial charge in [-0.3, -0.25) is 4.79 Å². The first kappa shape index (κ1) is 10.5. The minimum atomic E-state index is -0.870. The Balaban J connectivity index is 2.68. The van der Waals surface area contributed by atoms with E-state index in [0.29, 0.717) is 12.8 Å². The predicted molar refractivity (Wildman–Crippen MR) is 49.7 cm³/mol. The predicted octanol–water partition coefficient (Wildman–Crippen LogP) is 1.10. The molecule has 1 amide bonds. The van der Waals surface area contributed by atoms with Gasteiger partial charge in [0.25, 0.3) is 0 Å². The van der Waals surface area contributed by atoms with E-state index in [-0.39, 0.29) is 5.91 Å². The zero-order valence-corrected chi connectivity index (χ0v) is 8.21. The molecule has 1 N–H and O–H groups in total. The van der Waals surface area contributed by atoms with Crippen LogP contribution in [0, 0.1) is 28.1 Å². The summed E-state index contributed by atoms with van der Waals surface area (Å²) in [5.74, 6) is -0.286. The van der Waals surface area contributed by atoms with Crippen molar-refractivity contribution >= 4 is 5.91 Å². The fourth-order valence-electron chi connectivity index (χ4n) is 1.74. The average molecular weight is 191 g/mol. The molecule has 4 heteroatoms. The van der Waals surface area contributed by atoms with E-state index in [1.54, 1.807) is 6.92 Å². The molecule has 14 heavy (non-hydrogen) atoms. The van der Waals surface area contributed by atoms with Crippen molar-refractivity contribution < 1.29 is 4.79 Å². The molecule has 4 nitrogen and oxygen atoms in total. The summed E-state index contributed by atoms with van der Waals surface area (Å²) in [4.78, 5) is 11.7. The van der Waals surface area contributed by atoms with Crippen LogP contribution in [0.5, 0.6) is 0 Å². The molecule has 0 radical (unpaired) electrons. The Hall–Kier alpha value is -1.55. The van der Waals surface area contributed by atoms with Crippen molar-refractivity contribution in [3.8, 4) is 12.1 Å². The Labute approximate surface area is 83.5 Å². The lowest BCUT2D eigenvalue weighted by molar-refractivity contribution is -0.128. The van der Waals surface area contributed by atoms with Crippen LogP contribution in [0.4, 0.5) is 0 Å². The van der Waals surface area contributed by atoms with Crippen LogP contribution in [0.3, 0.4) is 0 Å². The van der Waals surface area contributed by atoms with Crippen LogP contribution < -0.4 is 5.32 Å². The fourth-order valence-corrected chi connectivity index (χ4v) is 1.74. The number of nitriles is 2. The molecule has 74 valence electrons. The molecule has 1 fully saturated rings. The highest BCUT2D eigenvalue weighted by Gasteiger charge is 2.41. The van der Waals surface area contributed by atoms with Crippen molar-refractivity contribution in [3.05, 3.63) is 0 Å². The molecule has 0 aromatic rings. The molecule has 1 saturated carbocycles. The van der Waals surface area contributed by atoms with E-state index in [4.69, 9.17) is 10.5 Å². The van der Waals surface area contributed by atoms with Gasteiger partial charge in [0.15, 0.2) is 0 Å². The molecule has 0 aliphatic heterocycles. The monoisotopic (exact) mass is 191 g/mol. The number of nitrogens with one attached hydrogen (secondary N) is 1. The zero-order chi connectivity index (χ0) is 10.6. The molecule has 0 unspecified atom stereocenters. The van der Waals surface area contributed by atoms with Crippen LogP contribution in [-0.2, 0) is 4.79 Å². The third-order valence-electron chi connectivity index (χ3n) is 2.65. The van der Waals surface area contributed by atoms with Crippen LogP contribution in [-0.4, -0.2) is 11.9 Å². The van der Waals surface area contributed by atoms with Crippen molar-refractivity contribution in [2.45, 2.75) is 38.6 Å². The van der Waals surface area contributed by atoms with E-state index in [9.17, 15) is 4.79 Å². The summed E-state index contributed by atoms with van der Waals surface area (Å²) in [6.07, 6.45) is 3.07. The summed E-state index contributed by atoms with van der Waals surface area (Å²) in [5.41, 5.74) is -0.870. The number of amides is 1. The first-order valence-corrected chi connectivity index (χ1v) is 4.76. The van der Waals surface area contributed by atoms with E-state index in [0.717, 1.165) is 12.8 Å². The van der Waals surface area contributed by atoms with Gasteiger partial charge in [0.2, 0.25) is 5.91 Å². The lowest BCUT2D eigenvalue weighted by Gasteiger charge is -2.19. The van der Waals surface area contributed by atoms with Gasteiger partial charge in [0.1, 0.15) is 11.5 Å². The Morgan fingerprint density at radius 2 is 2.00 bits per heavy atom. The highest BCUT2D eigenvalue weighted by molar-refractivity contribution is 5.86. The van der Waals surface area contributed by atoms with E-state index < -0.39 is 11.5 Å². The van der Waals surface area contributed by atoms with E-state index >= 15 is 0 Å². The molecule has 1 aliphatic carbocycles. The highest BCUT2D eigenvalue weighted by atomic mass is 16.2. The van der Waals surface area contributed by atoms with Crippen LogP contribution >= 0.6 is 0 Å². The normalized spacial score (nSPS) is 20.5. The largest absolute Gasteiger partial charge is 0.339 e. The summed E-state index contributed by atoms with van der Waals surface area (Å²) in [7, 11) is 0. The Morgan fingerprint density at radius 1 is 1.43 bits per heavy atom. The number of rotatable bonds is 2. The molecule has 1 rings (SSSR count). The quantitative estimate of drug-likeness (QED) is 0.710. The number of carbonyl (C=O) groups excluding carboxylic acids is 1. The van der Waals surface area contributed by atoms with Gasteiger partial charge in [-0.15, -0.1) is 0 Å². The summed E-state index contributed by atoms with van der Waals surface area (Å²) in [5, 5.41) is 20.1. The van der Waals surface area contributed by atoms with Gasteiger partial charge in [0.05, 0.1) is 12.1 Å². The zero-order valence-electron chi connectivity index (χ0n) is 8.21. The third kappa shape index (κ3) is 1.85. The lowest BCUT2D eigenvalue weighted by atomic mass is 9.87. The minimum Gasteiger partial charge on any atom is -0.339 e. The highest BCUT2D eigenvalue weighted by Crippen LogP contribution is 2.37. The third-order valence-corrected chi connectivity index (χ3v) is 2.65. The van der Waals surface area contributed by atoms with Crippen molar-refractivity contribution in [3.63, 3.8) is 0 Å². The van der Waals surface area contributed by atoms with Crippen LogP contribution in [0.2, 0.25) is 0 Å². The van der Waals surface area contributed by atoms with Gasteiger partial charge in [-0.2, -0.15) is 10.5 Å². The van der Waals surface area contributed by atoms with Gasteiger partial charge < -0.3 is 5.32 Å². The first-order chi connectivity index (χ1) is 6.64. The molecule has 0 aromatic heterocycles. The van der Waals surface area contributed by atoms with Gasteiger partial charge in [-0.1, -0.05) is 12.8 Å². The Bertz CT molecular complexity index is 304. The van der Waals surface area contributed by atoms with E-state index in [2.05, 4.69) is 11.4 Å². The second kappa shape index (κ2) is 4.11. The molecule has 0 aromatic carbocycles. The molecular weight excluding hydrogens is 178 g/mol. The van der Waals surface area contributed by atoms with Crippen molar-refractivity contribution in [1.82, 2.24) is 5.32 Å². The second-order valence-electron chi connectivity index (χ2n) is 3.73. The lowest BCUT2D eigenvalue weighted by Crippen LogP contribution is -2.42. The smallest absolute Gasteiger partial charge is 0.241 e. The molecule has 0 spiro atoms. The molecule has 0 heterocycles. The summed E-state index contributed by atoms with van der Waals surface area (Å²) in [6.45, 7) is 1.61. The Kier molecular flexibility index (Phi) is 3.09. The van der Waals surface area contributed by atoms with Crippen molar-refractivity contribution in [2.75, 3.05) is 0 Å². The summed E-state index contributed by atoms with van der Waals surface area (Å²) < 4.78 is 0. The van der Waals surface area contributed by atoms with Crippen molar-refractivity contribution in [2.24, 2.45) is 5.41 Å². The van der Waals surface area contributed by atoms with Gasteiger partial charge >= 0.3 is 0 Å². The van der Waals surface area contributed by atoms with Gasteiger partial charge in [-0.25, -0.2) is 0 Å². The Morgan fingerprint density at radius 3 is 2.43 bits per heavy atom. The standard InChI is InChI=1S/C10H13N3O/c1-8(6-11)13-9(14)10(7-12)4-2-3-5-10/h8H,2-5H2,1H3,(H,13,14)/t8-/m1/s1. The molecular formula is C10H13N3O. The number of hydrogen-bond donors (Lipinski definition) is 1. The van der Waals surface area contributed by atoms with Crippen molar-refractivity contribution in [1.29, 1.82) is 10.5 Å². The van der Waals surface area contributed by atoms with Gasteiger partial charge in [0, 0.05) is 0 Å². The number of hydrogen-bond acceptors (Lipinski definition) is 3. The molecule has 0 bridgehead atoms. The maximum absolute atomic E-state index is 11.7. The average Bonchev–Trinajstić information content (AvgIpc) is 2.67. The molecule has 1 atom stereocenters. The maximum atomic E-state index is 11.7.